The van der Waals surface area contributed by atoms with E-state index in [0.29, 0.717) is 48.3 Å². The number of carbonyl (C=O) groups excluding carboxylic acids is 2. The van der Waals surface area contributed by atoms with Crippen LogP contribution >= 0.6 is 11.6 Å². The van der Waals surface area contributed by atoms with Crippen LogP contribution in [0.25, 0.3) is 16.8 Å². The number of ether oxygens (including phenoxy) is 1. The highest BCUT2D eigenvalue weighted by Crippen LogP contribution is 2.36. The maximum absolute atomic E-state index is 15.1. The molecule has 0 aliphatic carbocycles. The molecule has 5 rings (SSSR count). The van der Waals surface area contributed by atoms with Crippen molar-refractivity contribution >= 4 is 40.9 Å². The Morgan fingerprint density at radius 1 is 1.10 bits per heavy atom. The predicted octanol–water partition coefficient (Wildman–Crippen LogP) is 6.82. The van der Waals surface area contributed by atoms with Gasteiger partial charge in [0.1, 0.15) is 17.3 Å². The van der Waals surface area contributed by atoms with E-state index < -0.39 is 17.5 Å². The van der Waals surface area contributed by atoms with Crippen molar-refractivity contribution < 1.29 is 27.5 Å². The number of hydrogen-bond acceptors (Lipinski definition) is 6. The molecule has 220 valence electrons. The number of fused-ring (bicyclic) bond motifs is 4. The number of amides is 1. The first-order chi connectivity index (χ1) is 20.3. The lowest BCUT2D eigenvalue weighted by Gasteiger charge is -2.28. The second-order valence-corrected chi connectivity index (χ2v) is 10.1. The maximum Gasteiger partial charge on any atom is 0.292 e. The molecule has 0 radical (unpaired) electrons. The highest BCUT2D eigenvalue weighted by Gasteiger charge is 2.27. The number of allylic oxidation sites excluding steroid dienone is 2. The molecule has 1 amide bonds. The molecule has 11 heteroatoms. The number of pyridine rings is 1. The molecular weight excluding hydrogens is 569 g/mol. The summed E-state index contributed by atoms with van der Waals surface area (Å²) >= 11 is 5.87. The van der Waals surface area contributed by atoms with Crippen molar-refractivity contribution in [3.05, 3.63) is 94.5 Å². The fourth-order valence-corrected chi connectivity index (χ4v) is 5.09. The van der Waals surface area contributed by atoms with Crippen molar-refractivity contribution in [2.75, 3.05) is 24.8 Å². The molecule has 2 aliphatic heterocycles. The smallest absolute Gasteiger partial charge is 0.292 e. The Labute approximate surface area is 246 Å². The van der Waals surface area contributed by atoms with Crippen molar-refractivity contribution in [2.45, 2.75) is 37.6 Å². The van der Waals surface area contributed by atoms with Crippen LogP contribution in [0.5, 0.6) is 0 Å². The molecule has 0 fully saturated rings. The van der Waals surface area contributed by atoms with Crippen molar-refractivity contribution in [3.8, 4) is 11.3 Å². The van der Waals surface area contributed by atoms with Gasteiger partial charge in [-0.1, -0.05) is 30.2 Å². The molecule has 0 spiro atoms. The molecule has 3 heterocycles. The van der Waals surface area contributed by atoms with Gasteiger partial charge in [0.25, 0.3) is 6.47 Å². The second kappa shape index (κ2) is 14.0. The molecule has 2 bridgehead atoms. The summed E-state index contributed by atoms with van der Waals surface area (Å²) in [6, 6.07) is 10.4. The van der Waals surface area contributed by atoms with E-state index in [1.54, 1.807) is 43.6 Å². The van der Waals surface area contributed by atoms with E-state index in [0.717, 1.165) is 18.2 Å². The minimum atomic E-state index is -0.822. The van der Waals surface area contributed by atoms with Crippen molar-refractivity contribution in [3.63, 3.8) is 0 Å². The summed E-state index contributed by atoms with van der Waals surface area (Å²) in [6.07, 6.45) is 7.43. The number of methoxy groups -OCH3 is 1. The predicted molar refractivity (Wildman–Crippen MR) is 157 cm³/mol. The Morgan fingerprint density at radius 2 is 1.86 bits per heavy atom. The Morgan fingerprint density at radius 3 is 2.55 bits per heavy atom. The van der Waals surface area contributed by atoms with Gasteiger partial charge in [0, 0.05) is 48.1 Å². The Kier molecular flexibility index (Phi) is 10.2. The van der Waals surface area contributed by atoms with Crippen molar-refractivity contribution in [2.24, 2.45) is 0 Å². The first-order valence-corrected chi connectivity index (χ1v) is 13.7. The van der Waals surface area contributed by atoms with Gasteiger partial charge in [-0.3, -0.25) is 9.59 Å². The van der Waals surface area contributed by atoms with Gasteiger partial charge >= 0.3 is 0 Å². The minimum absolute atomic E-state index is 0.144. The summed E-state index contributed by atoms with van der Waals surface area (Å²) in [5.74, 6) is -2.37. The topological polar surface area (TPSA) is 92.3 Å². The summed E-state index contributed by atoms with van der Waals surface area (Å²) in [7, 11) is 3.08. The van der Waals surface area contributed by atoms with E-state index in [4.69, 9.17) is 21.4 Å². The maximum atomic E-state index is 15.1. The van der Waals surface area contributed by atoms with Gasteiger partial charge in [-0.2, -0.15) is 0 Å². The SMILES string of the molecule is CNc1ccc2c(c1)NC(=O)CCCCC(C1C=CC(c3c(F)ccc(Cl)c3F)=CN1)c1ccc(F)c-2n1.COC=O. The zero-order chi connectivity index (χ0) is 30.2. The molecule has 0 saturated carbocycles. The first kappa shape index (κ1) is 30.6. The Balaban J connectivity index is 0.000000952. The van der Waals surface area contributed by atoms with Crippen LogP contribution in [-0.2, 0) is 14.3 Å². The molecule has 42 heavy (non-hydrogen) atoms. The molecular formula is C31H30ClF3N4O3. The lowest BCUT2D eigenvalue weighted by Crippen LogP contribution is -2.32. The largest absolute Gasteiger partial charge is 0.471 e. The fourth-order valence-electron chi connectivity index (χ4n) is 4.93. The van der Waals surface area contributed by atoms with E-state index in [-0.39, 0.29) is 34.1 Å². The van der Waals surface area contributed by atoms with E-state index in [2.05, 4.69) is 20.7 Å². The van der Waals surface area contributed by atoms with Gasteiger partial charge in [0.05, 0.1) is 29.4 Å². The number of rotatable bonds is 4. The summed E-state index contributed by atoms with van der Waals surface area (Å²) in [5, 5.41) is 9.03. The summed E-state index contributed by atoms with van der Waals surface area (Å²) < 4.78 is 48.0. The van der Waals surface area contributed by atoms with Crippen LogP contribution in [0.3, 0.4) is 0 Å². The van der Waals surface area contributed by atoms with E-state index >= 15 is 4.39 Å². The third-order valence-corrected chi connectivity index (χ3v) is 7.32. The molecule has 2 atom stereocenters. The van der Waals surface area contributed by atoms with Gasteiger partial charge in [0.2, 0.25) is 5.91 Å². The molecule has 1 aromatic heterocycles. The van der Waals surface area contributed by atoms with Crippen LogP contribution in [0.1, 0.15) is 42.9 Å². The standard InChI is InChI=1S/C29H26ClF3N4O.C2H4O2/c1-34-17-7-8-19-25(14-17)36-26(38)5-3-2-4-18(24-13-11-22(32)29(19)37-24)23-12-6-16(15-35-23)27-21(31)10-9-20(30)28(27)33;1-4-2-3/h6-15,18,23,34-35H,2-5H2,1H3,(H,36,38);2H,1H3. The number of carbonyl (C=O) groups is 2. The number of halogens is 4. The highest BCUT2D eigenvalue weighted by molar-refractivity contribution is 6.31. The molecule has 7 nitrogen and oxygen atoms in total. The third kappa shape index (κ3) is 6.94. The lowest BCUT2D eigenvalue weighted by molar-refractivity contribution is -0.126. The number of aromatic nitrogens is 1. The normalized spacial score (nSPS) is 18.0. The average molecular weight is 599 g/mol. The third-order valence-electron chi connectivity index (χ3n) is 7.03. The molecule has 2 unspecified atom stereocenters. The van der Waals surface area contributed by atoms with Crippen LogP contribution in [0, 0.1) is 17.5 Å². The molecule has 3 N–H and O–H groups in total. The summed E-state index contributed by atoms with van der Waals surface area (Å²) in [6.45, 7) is 0.375. The van der Waals surface area contributed by atoms with Crippen LogP contribution < -0.4 is 16.0 Å². The molecule has 3 aromatic rings. The minimum Gasteiger partial charge on any atom is -0.471 e. The van der Waals surface area contributed by atoms with E-state index in [1.807, 2.05) is 6.08 Å². The zero-order valence-corrected chi connectivity index (χ0v) is 23.8. The Bertz CT molecular complexity index is 1530. The fraction of sp³-hybridized carbons (Fsp3) is 0.258. The van der Waals surface area contributed by atoms with Gasteiger partial charge in [-0.15, -0.1) is 0 Å². The summed E-state index contributed by atoms with van der Waals surface area (Å²) in [4.78, 5) is 26.3. The summed E-state index contributed by atoms with van der Waals surface area (Å²) in [5.41, 5.74) is 2.68. The van der Waals surface area contributed by atoms with Gasteiger partial charge in [-0.05, 0) is 55.3 Å². The van der Waals surface area contributed by atoms with Crippen molar-refractivity contribution in [1.82, 2.24) is 10.3 Å². The lowest BCUT2D eigenvalue weighted by atomic mass is 9.87. The number of nitrogens with one attached hydrogen (secondary N) is 3. The zero-order valence-electron chi connectivity index (χ0n) is 23.0. The number of hydrogen-bond donors (Lipinski definition) is 3. The molecule has 0 saturated heterocycles. The van der Waals surface area contributed by atoms with Gasteiger partial charge in [-0.25, -0.2) is 18.2 Å². The van der Waals surface area contributed by atoms with Crippen LogP contribution in [0.4, 0.5) is 24.5 Å². The average Bonchev–Trinajstić information content (AvgIpc) is 3.00. The quantitative estimate of drug-likeness (QED) is 0.226. The van der Waals surface area contributed by atoms with E-state index in [1.165, 1.54) is 19.2 Å². The monoisotopic (exact) mass is 598 g/mol. The van der Waals surface area contributed by atoms with Crippen LogP contribution in [0.15, 0.2) is 60.8 Å². The highest BCUT2D eigenvalue weighted by atomic mass is 35.5. The van der Waals surface area contributed by atoms with Crippen LogP contribution in [0.2, 0.25) is 5.02 Å². The molecule has 2 aliphatic rings. The number of anilines is 2. The van der Waals surface area contributed by atoms with E-state index in [9.17, 15) is 13.6 Å². The first-order valence-electron chi connectivity index (χ1n) is 13.3. The number of dihydropyridines is 1. The number of nitrogens with zero attached hydrogens (tertiary/aromatic N) is 1. The van der Waals surface area contributed by atoms with Gasteiger partial charge < -0.3 is 20.7 Å². The van der Waals surface area contributed by atoms with Crippen LogP contribution in [-0.4, -0.2) is 37.6 Å². The number of benzene rings is 2. The molecule has 2 aromatic carbocycles. The van der Waals surface area contributed by atoms with Crippen molar-refractivity contribution in [1.29, 1.82) is 0 Å². The second-order valence-electron chi connectivity index (χ2n) is 9.68. The van der Waals surface area contributed by atoms with Gasteiger partial charge in [0.15, 0.2) is 5.82 Å². The Hall–Kier alpha value is -4.31.